The van der Waals surface area contributed by atoms with Crippen LogP contribution in [0.15, 0.2) is 48.5 Å². The second-order valence-corrected chi connectivity index (χ2v) is 6.42. The van der Waals surface area contributed by atoms with E-state index >= 15 is 0 Å². The molecule has 0 radical (unpaired) electrons. The van der Waals surface area contributed by atoms with E-state index in [-0.39, 0.29) is 24.2 Å². The monoisotopic (exact) mass is 328 g/mol. The largest absolute Gasteiger partial charge is 0.486 e. The number of aliphatic carboxylic acids is 1. The third-order valence-corrected chi connectivity index (χ3v) is 4.65. The van der Waals surface area contributed by atoms with Crippen LogP contribution in [0.2, 0.25) is 0 Å². The van der Waals surface area contributed by atoms with E-state index in [2.05, 4.69) is 0 Å². The molecule has 0 aromatic heterocycles. The lowest BCUT2D eigenvalue weighted by molar-refractivity contribution is -0.142. The summed E-state index contributed by atoms with van der Waals surface area (Å²) in [6.07, 6.45) is 1.91. The second-order valence-electron chi connectivity index (χ2n) is 6.42. The van der Waals surface area contributed by atoms with Crippen molar-refractivity contribution >= 4 is 5.97 Å². The number of halogens is 1. The van der Waals surface area contributed by atoms with Crippen molar-refractivity contribution in [3.8, 4) is 5.75 Å². The number of ether oxygens (including phenoxy) is 1. The van der Waals surface area contributed by atoms with Crippen molar-refractivity contribution in [1.82, 2.24) is 0 Å². The minimum Gasteiger partial charge on any atom is -0.486 e. The summed E-state index contributed by atoms with van der Waals surface area (Å²) in [6.45, 7) is 1.94. The van der Waals surface area contributed by atoms with Crippen LogP contribution in [0.4, 0.5) is 4.39 Å². The van der Waals surface area contributed by atoms with Crippen molar-refractivity contribution in [3.63, 3.8) is 0 Å². The molecule has 2 atom stereocenters. The Balaban J connectivity index is 1.83. The first-order valence-corrected chi connectivity index (χ1v) is 8.26. The summed E-state index contributed by atoms with van der Waals surface area (Å²) >= 11 is 0. The predicted octanol–water partition coefficient (Wildman–Crippen LogP) is 4.62. The van der Waals surface area contributed by atoms with E-state index in [1.807, 2.05) is 30.3 Å². The fourth-order valence-corrected chi connectivity index (χ4v) is 3.17. The highest BCUT2D eigenvalue weighted by atomic mass is 19.1. The number of carboxylic acids is 1. The first kappa shape index (κ1) is 16.5. The Hall–Kier alpha value is -2.36. The topological polar surface area (TPSA) is 46.5 Å². The second kappa shape index (κ2) is 7.04. The molecule has 0 heterocycles. The van der Waals surface area contributed by atoms with Crippen molar-refractivity contribution in [1.29, 1.82) is 0 Å². The lowest BCUT2D eigenvalue weighted by atomic mass is 9.83. The Kier molecular flexibility index (Phi) is 4.84. The van der Waals surface area contributed by atoms with Crippen LogP contribution in [-0.4, -0.2) is 11.1 Å². The van der Waals surface area contributed by atoms with Gasteiger partial charge in [0.1, 0.15) is 6.61 Å². The van der Waals surface area contributed by atoms with Crippen molar-refractivity contribution in [2.24, 2.45) is 11.8 Å². The van der Waals surface area contributed by atoms with Gasteiger partial charge in [-0.2, -0.15) is 0 Å². The minimum absolute atomic E-state index is 0.180. The van der Waals surface area contributed by atoms with E-state index in [1.54, 1.807) is 25.1 Å². The van der Waals surface area contributed by atoms with E-state index in [4.69, 9.17) is 4.74 Å². The number of rotatable bonds is 7. The SMILES string of the molecule is C[C@H](C(=O)O)[C@H](c1cccc(OCc2ccccc2)c1F)C1CC1. The minimum atomic E-state index is -0.887. The summed E-state index contributed by atoms with van der Waals surface area (Å²) in [4.78, 5) is 11.4. The van der Waals surface area contributed by atoms with Crippen molar-refractivity contribution in [2.45, 2.75) is 32.3 Å². The lowest BCUT2D eigenvalue weighted by Gasteiger charge is -2.22. The number of benzene rings is 2. The third-order valence-electron chi connectivity index (χ3n) is 4.65. The maximum absolute atomic E-state index is 14.9. The summed E-state index contributed by atoms with van der Waals surface area (Å²) in [5.74, 6) is -1.81. The zero-order chi connectivity index (χ0) is 17.1. The van der Waals surface area contributed by atoms with Crippen molar-refractivity contribution in [2.75, 3.05) is 0 Å². The van der Waals surface area contributed by atoms with E-state index in [0.29, 0.717) is 5.56 Å². The van der Waals surface area contributed by atoms with Gasteiger partial charge in [0, 0.05) is 5.92 Å². The van der Waals surface area contributed by atoms with E-state index < -0.39 is 17.7 Å². The first-order valence-electron chi connectivity index (χ1n) is 8.26. The number of hydrogen-bond donors (Lipinski definition) is 1. The molecule has 0 saturated heterocycles. The normalized spacial score (nSPS) is 16.4. The molecule has 0 spiro atoms. The molecule has 4 heteroatoms. The molecule has 0 aliphatic heterocycles. The summed E-state index contributed by atoms with van der Waals surface area (Å²) in [5.41, 5.74) is 1.41. The van der Waals surface area contributed by atoms with Crippen LogP contribution in [0.25, 0.3) is 0 Å². The van der Waals surface area contributed by atoms with Crippen molar-refractivity contribution < 1.29 is 19.0 Å². The van der Waals surface area contributed by atoms with Gasteiger partial charge < -0.3 is 9.84 Å². The molecule has 0 amide bonds. The smallest absolute Gasteiger partial charge is 0.306 e. The number of carboxylic acid groups (broad SMARTS) is 1. The Bertz CT molecular complexity index is 710. The van der Waals surface area contributed by atoms with E-state index in [1.165, 1.54) is 0 Å². The molecular weight excluding hydrogens is 307 g/mol. The van der Waals surface area contributed by atoms with E-state index in [9.17, 15) is 14.3 Å². The van der Waals surface area contributed by atoms with Gasteiger partial charge >= 0.3 is 5.97 Å². The van der Waals surface area contributed by atoms with Gasteiger partial charge in [0.2, 0.25) is 0 Å². The maximum Gasteiger partial charge on any atom is 0.306 e. The predicted molar refractivity (Wildman–Crippen MR) is 89.4 cm³/mol. The van der Waals surface area contributed by atoms with Gasteiger partial charge in [0.25, 0.3) is 0 Å². The van der Waals surface area contributed by atoms with E-state index in [0.717, 1.165) is 18.4 Å². The molecule has 0 unspecified atom stereocenters. The molecule has 1 saturated carbocycles. The summed E-state index contributed by atoms with van der Waals surface area (Å²) in [5, 5.41) is 9.35. The van der Waals surface area contributed by atoms with Crippen LogP contribution in [0.1, 0.15) is 36.8 Å². The fourth-order valence-electron chi connectivity index (χ4n) is 3.17. The molecule has 1 fully saturated rings. The molecule has 3 rings (SSSR count). The van der Waals surface area contributed by atoms with Crippen LogP contribution in [-0.2, 0) is 11.4 Å². The Morgan fingerprint density at radius 3 is 2.54 bits per heavy atom. The van der Waals surface area contributed by atoms with Crippen molar-refractivity contribution in [3.05, 3.63) is 65.5 Å². The lowest BCUT2D eigenvalue weighted by Crippen LogP contribution is -2.21. The van der Waals surface area contributed by atoms with Gasteiger partial charge in [0.15, 0.2) is 11.6 Å². The van der Waals surface area contributed by atoms with Crippen LogP contribution >= 0.6 is 0 Å². The summed E-state index contributed by atoms with van der Waals surface area (Å²) in [6, 6.07) is 14.6. The molecule has 2 aromatic rings. The van der Waals surface area contributed by atoms with Gasteiger partial charge in [-0.15, -0.1) is 0 Å². The Labute approximate surface area is 141 Å². The average Bonchev–Trinajstić information content (AvgIpc) is 3.41. The van der Waals surface area contributed by atoms with Crippen LogP contribution in [0.5, 0.6) is 5.75 Å². The number of hydrogen-bond acceptors (Lipinski definition) is 2. The van der Waals surface area contributed by atoms with Gasteiger partial charge in [-0.05, 0) is 36.0 Å². The highest BCUT2D eigenvalue weighted by molar-refractivity contribution is 5.71. The van der Waals surface area contributed by atoms with Crippen LogP contribution in [0, 0.1) is 17.7 Å². The maximum atomic E-state index is 14.9. The van der Waals surface area contributed by atoms with Gasteiger partial charge in [-0.1, -0.05) is 49.4 Å². The summed E-state index contributed by atoms with van der Waals surface area (Å²) < 4.78 is 20.6. The molecule has 1 aliphatic carbocycles. The average molecular weight is 328 g/mol. The van der Waals surface area contributed by atoms with Gasteiger partial charge in [-0.25, -0.2) is 4.39 Å². The first-order chi connectivity index (χ1) is 11.6. The fraction of sp³-hybridized carbons (Fsp3) is 0.350. The van der Waals surface area contributed by atoms with Crippen LogP contribution in [0.3, 0.4) is 0 Å². The molecule has 1 aliphatic rings. The van der Waals surface area contributed by atoms with Gasteiger partial charge in [-0.3, -0.25) is 4.79 Å². The van der Waals surface area contributed by atoms with Crippen LogP contribution < -0.4 is 4.74 Å². The highest BCUT2D eigenvalue weighted by Gasteiger charge is 2.40. The Morgan fingerprint density at radius 1 is 1.21 bits per heavy atom. The Morgan fingerprint density at radius 2 is 1.92 bits per heavy atom. The third kappa shape index (κ3) is 3.58. The standard InChI is InChI=1S/C20H21FO3/c1-13(20(22)23)18(15-10-11-15)16-8-5-9-17(19(16)21)24-12-14-6-3-2-4-7-14/h2-9,13,15,18H,10-12H2,1H3,(H,22,23)/t13-,18-/m0/s1. The molecule has 2 aromatic carbocycles. The number of carbonyl (C=O) groups is 1. The quantitative estimate of drug-likeness (QED) is 0.807. The molecule has 24 heavy (non-hydrogen) atoms. The molecule has 1 N–H and O–H groups in total. The van der Waals surface area contributed by atoms with Gasteiger partial charge in [0.05, 0.1) is 5.92 Å². The highest BCUT2D eigenvalue weighted by Crippen LogP contribution is 2.48. The zero-order valence-electron chi connectivity index (χ0n) is 13.6. The molecule has 0 bridgehead atoms. The molecule has 3 nitrogen and oxygen atoms in total. The molecule has 126 valence electrons. The molecular formula is C20H21FO3. The zero-order valence-corrected chi connectivity index (χ0v) is 13.6. The summed E-state index contributed by atoms with van der Waals surface area (Å²) in [7, 11) is 0.